The van der Waals surface area contributed by atoms with Crippen LogP contribution in [0.3, 0.4) is 0 Å². The first kappa shape index (κ1) is 18.6. The Morgan fingerprint density at radius 1 is 0.741 bits per heavy atom. The summed E-state index contributed by atoms with van der Waals surface area (Å²) >= 11 is 1.62. The van der Waals surface area contributed by atoms with Crippen LogP contribution in [0.25, 0.3) is 0 Å². The topological polar surface area (TPSA) is 55.7 Å². The number of hydrogen-bond acceptors (Lipinski definition) is 5. The molecule has 0 radical (unpaired) electrons. The molecular formula is C22H17NO3S. The molecule has 0 fully saturated rings. The molecule has 0 bridgehead atoms. The summed E-state index contributed by atoms with van der Waals surface area (Å²) in [5.74, 6) is -0.885. The lowest BCUT2D eigenvalue weighted by molar-refractivity contribution is 0.0515. The fourth-order valence-corrected chi connectivity index (χ4v) is 3.12. The largest absolute Gasteiger partial charge is 0.365 e. The molecule has 0 unspecified atom stereocenters. The van der Waals surface area contributed by atoms with Gasteiger partial charge in [0.2, 0.25) is 5.78 Å². The van der Waals surface area contributed by atoms with Gasteiger partial charge in [-0.25, -0.2) is 4.79 Å². The van der Waals surface area contributed by atoms with Crippen molar-refractivity contribution >= 4 is 29.2 Å². The number of benzene rings is 3. The SMILES string of the molecule is CC(=NOC(=O)c1ccccc1)C(=O)c1ccc(Sc2ccccc2)cc1. The van der Waals surface area contributed by atoms with Crippen LogP contribution >= 0.6 is 11.8 Å². The zero-order chi connectivity index (χ0) is 19.1. The van der Waals surface area contributed by atoms with Crippen molar-refractivity contribution in [1.29, 1.82) is 0 Å². The first-order chi connectivity index (χ1) is 13.1. The summed E-state index contributed by atoms with van der Waals surface area (Å²) in [6.07, 6.45) is 0. The van der Waals surface area contributed by atoms with Crippen LogP contribution in [0.15, 0.2) is 99.9 Å². The average molecular weight is 375 g/mol. The van der Waals surface area contributed by atoms with Gasteiger partial charge in [-0.2, -0.15) is 0 Å². The molecule has 0 atom stereocenters. The summed E-state index contributed by atoms with van der Waals surface area (Å²) in [5.41, 5.74) is 0.982. The highest BCUT2D eigenvalue weighted by molar-refractivity contribution is 7.99. The molecule has 3 aromatic carbocycles. The van der Waals surface area contributed by atoms with Gasteiger partial charge in [-0.1, -0.05) is 53.3 Å². The van der Waals surface area contributed by atoms with E-state index in [1.54, 1.807) is 54.2 Å². The molecule has 0 saturated heterocycles. The van der Waals surface area contributed by atoms with Gasteiger partial charge in [0, 0.05) is 15.4 Å². The predicted octanol–water partition coefficient (Wildman–Crippen LogP) is 5.25. The van der Waals surface area contributed by atoms with Crippen LogP contribution in [0.2, 0.25) is 0 Å². The zero-order valence-corrected chi connectivity index (χ0v) is 15.5. The molecule has 0 spiro atoms. The molecule has 5 heteroatoms. The lowest BCUT2D eigenvalue weighted by atomic mass is 10.1. The summed E-state index contributed by atoms with van der Waals surface area (Å²) in [6, 6.07) is 25.8. The van der Waals surface area contributed by atoms with Gasteiger partial charge in [-0.3, -0.25) is 4.79 Å². The maximum Gasteiger partial charge on any atom is 0.365 e. The molecule has 0 aliphatic carbocycles. The molecule has 0 heterocycles. The fourth-order valence-electron chi connectivity index (χ4n) is 2.29. The Balaban J connectivity index is 1.63. The second kappa shape index (κ2) is 8.96. The Morgan fingerprint density at radius 2 is 1.30 bits per heavy atom. The van der Waals surface area contributed by atoms with Crippen LogP contribution in [0.5, 0.6) is 0 Å². The Labute approximate surface area is 161 Å². The van der Waals surface area contributed by atoms with Crippen molar-refractivity contribution in [1.82, 2.24) is 0 Å². The second-order valence-corrected chi connectivity index (χ2v) is 6.84. The quantitative estimate of drug-likeness (QED) is 0.255. The van der Waals surface area contributed by atoms with E-state index in [2.05, 4.69) is 5.16 Å². The summed E-state index contributed by atoms with van der Waals surface area (Å²) in [4.78, 5) is 31.3. The summed E-state index contributed by atoms with van der Waals surface area (Å²) in [7, 11) is 0. The monoisotopic (exact) mass is 375 g/mol. The van der Waals surface area contributed by atoms with E-state index < -0.39 is 5.97 Å². The van der Waals surface area contributed by atoms with Gasteiger partial charge < -0.3 is 4.84 Å². The van der Waals surface area contributed by atoms with Crippen molar-refractivity contribution in [2.75, 3.05) is 0 Å². The molecule has 3 rings (SSSR count). The number of nitrogens with zero attached hydrogens (tertiary/aromatic N) is 1. The summed E-state index contributed by atoms with van der Waals surface area (Å²) in [5, 5.41) is 3.68. The van der Waals surface area contributed by atoms with Crippen molar-refractivity contribution in [2.45, 2.75) is 16.7 Å². The zero-order valence-electron chi connectivity index (χ0n) is 14.7. The normalized spacial score (nSPS) is 11.1. The van der Waals surface area contributed by atoms with Gasteiger partial charge in [0.15, 0.2) is 0 Å². The van der Waals surface area contributed by atoms with E-state index in [1.165, 1.54) is 6.92 Å². The summed E-state index contributed by atoms with van der Waals surface area (Å²) in [6.45, 7) is 1.52. The molecule has 3 aromatic rings. The van der Waals surface area contributed by atoms with Gasteiger partial charge >= 0.3 is 5.97 Å². The second-order valence-electron chi connectivity index (χ2n) is 5.69. The molecule has 4 nitrogen and oxygen atoms in total. The summed E-state index contributed by atoms with van der Waals surface area (Å²) < 4.78 is 0. The third-order valence-corrected chi connectivity index (χ3v) is 4.71. The van der Waals surface area contributed by atoms with Crippen molar-refractivity contribution in [3.63, 3.8) is 0 Å². The lowest BCUT2D eigenvalue weighted by Crippen LogP contribution is -2.12. The van der Waals surface area contributed by atoms with Crippen molar-refractivity contribution < 1.29 is 14.4 Å². The molecular weight excluding hydrogens is 358 g/mol. The van der Waals surface area contributed by atoms with Gasteiger partial charge in [0.25, 0.3) is 0 Å². The third kappa shape index (κ3) is 5.15. The Morgan fingerprint density at radius 3 is 1.93 bits per heavy atom. The van der Waals surface area contributed by atoms with E-state index >= 15 is 0 Å². The van der Waals surface area contributed by atoms with E-state index in [4.69, 9.17) is 4.84 Å². The molecule has 27 heavy (non-hydrogen) atoms. The Hall–Kier alpha value is -3.18. The van der Waals surface area contributed by atoms with Crippen LogP contribution in [0.4, 0.5) is 0 Å². The standard InChI is InChI=1S/C22H17NO3S/c1-16(23-26-22(25)18-8-4-2-5-9-18)21(24)17-12-14-20(15-13-17)27-19-10-6-3-7-11-19/h2-15H,1H3. The first-order valence-electron chi connectivity index (χ1n) is 8.32. The highest BCUT2D eigenvalue weighted by Gasteiger charge is 2.12. The smallest absolute Gasteiger partial charge is 0.312 e. The highest BCUT2D eigenvalue weighted by Crippen LogP contribution is 2.27. The van der Waals surface area contributed by atoms with Crippen LogP contribution in [-0.2, 0) is 4.84 Å². The highest BCUT2D eigenvalue weighted by atomic mass is 32.2. The third-order valence-electron chi connectivity index (χ3n) is 3.70. The maximum atomic E-state index is 12.4. The first-order valence-corrected chi connectivity index (χ1v) is 9.14. The number of rotatable bonds is 6. The average Bonchev–Trinajstić information content (AvgIpc) is 2.73. The van der Waals surface area contributed by atoms with Gasteiger partial charge in [-0.15, -0.1) is 0 Å². The number of oxime groups is 1. The van der Waals surface area contributed by atoms with E-state index in [0.717, 1.165) is 9.79 Å². The van der Waals surface area contributed by atoms with Crippen LogP contribution in [-0.4, -0.2) is 17.5 Å². The Bertz CT molecular complexity index is 952. The predicted molar refractivity (Wildman–Crippen MR) is 106 cm³/mol. The Kier molecular flexibility index (Phi) is 6.18. The van der Waals surface area contributed by atoms with Gasteiger partial charge in [-0.05, 0) is 55.5 Å². The van der Waals surface area contributed by atoms with Gasteiger partial charge in [0.05, 0.1) is 5.56 Å². The van der Waals surface area contributed by atoms with Gasteiger partial charge in [0.1, 0.15) is 5.71 Å². The molecule has 0 saturated carbocycles. The number of Topliss-reactive ketones (excluding diaryl/α,β-unsaturated/α-hetero) is 1. The van der Waals surface area contributed by atoms with Crippen molar-refractivity contribution in [2.24, 2.45) is 5.16 Å². The molecule has 0 amide bonds. The number of carbonyl (C=O) groups excluding carboxylic acids is 2. The van der Waals surface area contributed by atoms with E-state index in [1.807, 2.05) is 42.5 Å². The van der Waals surface area contributed by atoms with Crippen molar-refractivity contribution in [3.8, 4) is 0 Å². The van der Waals surface area contributed by atoms with Crippen LogP contribution in [0.1, 0.15) is 27.6 Å². The lowest BCUT2D eigenvalue weighted by Gasteiger charge is -2.04. The van der Waals surface area contributed by atoms with Crippen LogP contribution < -0.4 is 0 Å². The van der Waals surface area contributed by atoms with E-state index in [9.17, 15) is 9.59 Å². The minimum atomic E-state index is -0.600. The number of hydrogen-bond donors (Lipinski definition) is 0. The molecule has 0 aliphatic rings. The molecule has 0 N–H and O–H groups in total. The van der Waals surface area contributed by atoms with Crippen molar-refractivity contribution in [3.05, 3.63) is 96.1 Å². The fraction of sp³-hybridized carbons (Fsp3) is 0.0455. The molecule has 0 aliphatic heterocycles. The molecule has 134 valence electrons. The van der Waals surface area contributed by atoms with Crippen LogP contribution in [0, 0.1) is 0 Å². The minimum Gasteiger partial charge on any atom is -0.312 e. The number of carbonyl (C=O) groups is 2. The minimum absolute atomic E-state index is 0.114. The number of ketones is 1. The maximum absolute atomic E-state index is 12.4. The van der Waals surface area contributed by atoms with E-state index in [0.29, 0.717) is 11.1 Å². The molecule has 0 aromatic heterocycles. The van der Waals surface area contributed by atoms with E-state index in [-0.39, 0.29) is 11.5 Å².